The van der Waals surface area contributed by atoms with Crippen molar-refractivity contribution in [2.45, 2.75) is 69.4 Å². The van der Waals surface area contributed by atoms with Crippen molar-refractivity contribution in [2.24, 2.45) is 13.0 Å². The third-order valence-electron chi connectivity index (χ3n) is 8.95. The molecule has 0 bridgehead atoms. The van der Waals surface area contributed by atoms with Crippen LogP contribution in [0.15, 0.2) is 36.7 Å². The molecule has 3 N–H and O–H groups in total. The highest BCUT2D eigenvalue weighted by Gasteiger charge is 2.49. The number of ether oxygens (including phenoxy) is 1. The summed E-state index contributed by atoms with van der Waals surface area (Å²) in [6.45, 7) is 7.32. The fraction of sp³-hybridized carbons (Fsp3) is 0.516. The van der Waals surface area contributed by atoms with Crippen molar-refractivity contribution in [3.05, 3.63) is 65.0 Å². The second-order valence-electron chi connectivity index (χ2n) is 12.4. The van der Waals surface area contributed by atoms with Crippen LogP contribution < -0.4 is 16.0 Å². The number of carbonyl (C=O) groups excluding carboxylic acids is 1. The van der Waals surface area contributed by atoms with Gasteiger partial charge >= 0.3 is 0 Å². The zero-order valence-electron chi connectivity index (χ0n) is 24.0. The van der Waals surface area contributed by atoms with Crippen molar-refractivity contribution >= 4 is 17.3 Å². The van der Waals surface area contributed by atoms with Gasteiger partial charge in [-0.05, 0) is 60.9 Å². The maximum atomic E-state index is 13.7. The number of aryl methyl sites for hydroxylation is 1. The minimum absolute atomic E-state index is 0.175. The number of benzene rings is 1. The first-order valence-electron chi connectivity index (χ1n) is 14.5. The maximum absolute atomic E-state index is 13.7. The number of aromatic nitrogens is 4. The number of pyridine rings is 1. The van der Waals surface area contributed by atoms with E-state index in [-0.39, 0.29) is 16.7 Å². The molecule has 1 saturated carbocycles. The van der Waals surface area contributed by atoms with E-state index in [2.05, 4.69) is 52.1 Å². The molecule has 3 aliphatic rings. The molecular formula is C31H38N8O2. The van der Waals surface area contributed by atoms with Crippen LogP contribution in [0.5, 0.6) is 0 Å². The summed E-state index contributed by atoms with van der Waals surface area (Å²) < 4.78 is 7.46. The van der Waals surface area contributed by atoms with E-state index in [1.54, 1.807) is 6.33 Å². The van der Waals surface area contributed by atoms with E-state index in [9.17, 15) is 10.1 Å². The Kier molecular flexibility index (Phi) is 7.26. The molecular weight excluding hydrogens is 516 g/mol. The van der Waals surface area contributed by atoms with Gasteiger partial charge in [-0.15, -0.1) is 10.2 Å². The first-order chi connectivity index (χ1) is 19.8. The molecule has 10 heteroatoms. The number of carbonyl (C=O) groups is 1. The van der Waals surface area contributed by atoms with Gasteiger partial charge in [0.05, 0.1) is 22.9 Å². The summed E-state index contributed by atoms with van der Waals surface area (Å²) in [5.41, 5.74) is 4.70. The molecule has 0 unspecified atom stereocenters. The molecule has 41 heavy (non-hydrogen) atoms. The minimum atomic E-state index is -0.335. The highest BCUT2D eigenvalue weighted by Crippen LogP contribution is 2.53. The molecule has 0 spiro atoms. The lowest BCUT2D eigenvalue weighted by Gasteiger charge is -2.46. The van der Waals surface area contributed by atoms with Crippen LogP contribution in [0.4, 0.5) is 11.4 Å². The molecule has 1 amide bonds. The summed E-state index contributed by atoms with van der Waals surface area (Å²) in [6, 6.07) is 12.6. The monoisotopic (exact) mass is 554 g/mol. The largest absolute Gasteiger partial charge is 0.382 e. The van der Waals surface area contributed by atoms with Gasteiger partial charge in [0.25, 0.3) is 5.91 Å². The summed E-state index contributed by atoms with van der Waals surface area (Å²) in [7, 11) is 1.95. The lowest BCUT2D eigenvalue weighted by molar-refractivity contribution is 0.0776. The number of nitrogens with zero attached hydrogens (tertiary/aromatic N) is 5. The van der Waals surface area contributed by atoms with E-state index in [0.29, 0.717) is 36.3 Å². The Labute approximate surface area is 240 Å². The van der Waals surface area contributed by atoms with Gasteiger partial charge in [0.15, 0.2) is 0 Å². The normalized spacial score (nSPS) is 23.2. The van der Waals surface area contributed by atoms with Crippen LogP contribution in [-0.2, 0) is 29.2 Å². The standard InChI is InChI=1S/C31H38N8O2/c1-30(2)18-34-26-21(17-33-23-8-11-41-12-9-23)13-25(37-27(26)30)28(40)36-24-6-4-5-22(14-24)31(15-20(16-31)7-10-32)29-38-35-19-39(29)3/h4-6,13-14,19-20,23,33-34H,7-9,11-12,15-18H2,1-3H3,(H,36,40)/t20-,31+. The number of nitriles is 1. The fourth-order valence-electron chi connectivity index (χ4n) is 6.64. The average Bonchev–Trinajstić information content (AvgIpc) is 3.52. The molecule has 2 aromatic heterocycles. The second kappa shape index (κ2) is 10.9. The number of hydrogen-bond acceptors (Lipinski definition) is 8. The number of nitrogens with one attached hydrogen (secondary N) is 3. The third-order valence-corrected chi connectivity index (χ3v) is 8.95. The smallest absolute Gasteiger partial charge is 0.274 e. The molecule has 0 atom stereocenters. The molecule has 1 aliphatic carbocycles. The van der Waals surface area contributed by atoms with Crippen LogP contribution >= 0.6 is 0 Å². The molecule has 214 valence electrons. The predicted octanol–water partition coefficient (Wildman–Crippen LogP) is 4.04. The second-order valence-corrected chi connectivity index (χ2v) is 12.4. The molecule has 10 nitrogen and oxygen atoms in total. The lowest BCUT2D eigenvalue weighted by Crippen LogP contribution is -2.44. The predicted molar refractivity (Wildman–Crippen MR) is 156 cm³/mol. The van der Waals surface area contributed by atoms with E-state index in [1.807, 2.05) is 35.9 Å². The van der Waals surface area contributed by atoms with Crippen molar-refractivity contribution in [1.82, 2.24) is 25.1 Å². The molecule has 6 rings (SSSR count). The lowest BCUT2D eigenvalue weighted by atomic mass is 9.57. The first kappa shape index (κ1) is 27.4. The topological polar surface area (TPSA) is 130 Å². The van der Waals surface area contributed by atoms with Gasteiger partial charge in [0.1, 0.15) is 17.8 Å². The Morgan fingerprint density at radius 2 is 2.05 bits per heavy atom. The average molecular weight is 555 g/mol. The summed E-state index contributed by atoms with van der Waals surface area (Å²) in [5.74, 6) is 0.964. The number of anilines is 2. The first-order valence-corrected chi connectivity index (χ1v) is 14.5. The van der Waals surface area contributed by atoms with Gasteiger partial charge in [-0.1, -0.05) is 26.0 Å². The zero-order chi connectivity index (χ0) is 28.6. The molecule has 1 aromatic carbocycles. The fourth-order valence-corrected chi connectivity index (χ4v) is 6.64. The maximum Gasteiger partial charge on any atom is 0.274 e. The molecule has 3 aromatic rings. The van der Waals surface area contributed by atoms with E-state index in [4.69, 9.17) is 9.72 Å². The zero-order valence-corrected chi connectivity index (χ0v) is 24.0. The van der Waals surface area contributed by atoms with Crippen LogP contribution in [-0.4, -0.2) is 51.5 Å². The summed E-state index contributed by atoms with van der Waals surface area (Å²) in [4.78, 5) is 18.5. The van der Waals surface area contributed by atoms with Crippen LogP contribution in [0.3, 0.4) is 0 Å². The van der Waals surface area contributed by atoms with Gasteiger partial charge in [0.2, 0.25) is 0 Å². The molecule has 4 heterocycles. The third kappa shape index (κ3) is 5.20. The van der Waals surface area contributed by atoms with Crippen molar-refractivity contribution in [1.29, 1.82) is 5.26 Å². The van der Waals surface area contributed by atoms with Gasteiger partial charge in [-0.25, -0.2) is 4.98 Å². The number of rotatable bonds is 8. The van der Waals surface area contributed by atoms with Gasteiger partial charge < -0.3 is 25.3 Å². The Morgan fingerprint density at radius 1 is 1.24 bits per heavy atom. The van der Waals surface area contributed by atoms with E-state index in [0.717, 1.165) is 73.8 Å². The van der Waals surface area contributed by atoms with Gasteiger partial charge in [-0.2, -0.15) is 5.26 Å². The van der Waals surface area contributed by atoms with Gasteiger partial charge in [-0.3, -0.25) is 4.79 Å². The Morgan fingerprint density at radius 3 is 2.78 bits per heavy atom. The summed E-state index contributed by atoms with van der Waals surface area (Å²) in [6.07, 6.45) is 5.86. The summed E-state index contributed by atoms with van der Waals surface area (Å²) >= 11 is 0. The Hall–Kier alpha value is -3.81. The number of hydrogen-bond donors (Lipinski definition) is 3. The number of amides is 1. The van der Waals surface area contributed by atoms with Crippen molar-refractivity contribution in [3.63, 3.8) is 0 Å². The quantitative estimate of drug-likeness (QED) is 0.380. The Bertz CT molecular complexity index is 1480. The van der Waals surface area contributed by atoms with Crippen LogP contribution in [0.1, 0.15) is 79.1 Å². The van der Waals surface area contributed by atoms with Crippen molar-refractivity contribution in [3.8, 4) is 6.07 Å². The number of fused-ring (bicyclic) bond motifs is 1. The molecule has 0 radical (unpaired) electrons. The SMILES string of the molecule is Cn1cnnc1[C@]1(c2cccc(NC(=O)c3cc(CNC4CCOCC4)c4c(n3)C(C)(C)CN4)c2)C[C@H](CC#N)C1. The molecule has 1 saturated heterocycles. The van der Waals surface area contributed by atoms with E-state index < -0.39 is 0 Å². The van der Waals surface area contributed by atoms with E-state index in [1.165, 1.54) is 0 Å². The minimum Gasteiger partial charge on any atom is -0.382 e. The van der Waals surface area contributed by atoms with Crippen LogP contribution in [0.2, 0.25) is 0 Å². The van der Waals surface area contributed by atoms with E-state index >= 15 is 0 Å². The highest BCUT2D eigenvalue weighted by atomic mass is 16.5. The van der Waals surface area contributed by atoms with Crippen molar-refractivity contribution in [2.75, 3.05) is 30.4 Å². The molecule has 2 fully saturated rings. The van der Waals surface area contributed by atoms with Gasteiger partial charge in [0, 0.05) is 56.9 Å². The summed E-state index contributed by atoms with van der Waals surface area (Å²) in [5, 5.41) is 28.1. The van der Waals surface area contributed by atoms with Crippen LogP contribution in [0, 0.1) is 17.2 Å². The molecule has 2 aliphatic heterocycles. The Balaban J connectivity index is 1.26. The van der Waals surface area contributed by atoms with Crippen molar-refractivity contribution < 1.29 is 9.53 Å². The van der Waals surface area contributed by atoms with Crippen LogP contribution in [0.25, 0.3) is 0 Å². The highest BCUT2D eigenvalue weighted by molar-refractivity contribution is 6.03.